The number of unbranched alkanes of at least 4 members (excludes halogenated alkanes) is 59. The van der Waals surface area contributed by atoms with Gasteiger partial charge in [-0.05, 0) is 51.4 Å². The lowest BCUT2D eigenvalue weighted by atomic mass is 10.0. The van der Waals surface area contributed by atoms with Crippen LogP contribution >= 0.6 is 7.82 Å². The van der Waals surface area contributed by atoms with E-state index >= 15 is 0 Å². The fourth-order valence-electron chi connectivity index (χ4n) is 12.9. The fraction of sp³-hybridized carbons (Fsp3) is 0.881. The predicted octanol–water partition coefficient (Wildman–Crippen LogP) is 27.9. The first kappa shape index (κ1) is 92.0. The molecule has 0 bridgehead atoms. The van der Waals surface area contributed by atoms with E-state index in [9.17, 15) is 19.0 Å². The Kier molecular flexibility index (Phi) is 78.2. The molecule has 0 fully saturated rings. The van der Waals surface area contributed by atoms with Gasteiger partial charge in [0.05, 0.1) is 13.2 Å². The molecule has 554 valence electrons. The van der Waals surface area contributed by atoms with Crippen molar-refractivity contribution in [2.75, 3.05) is 26.4 Å². The fourth-order valence-corrected chi connectivity index (χ4v) is 13.6. The first-order valence-corrected chi connectivity index (χ1v) is 43.1. The number of nitrogens with two attached hydrogens (primary N) is 1. The zero-order valence-electron chi connectivity index (χ0n) is 62.7. The molecular formula is C84H160NO8P. The van der Waals surface area contributed by atoms with Crippen molar-refractivity contribution in [3.63, 3.8) is 0 Å². The van der Waals surface area contributed by atoms with Gasteiger partial charge in [-0.15, -0.1) is 0 Å². The van der Waals surface area contributed by atoms with Crippen molar-refractivity contribution in [1.82, 2.24) is 0 Å². The lowest BCUT2D eigenvalue weighted by Gasteiger charge is -2.19. The summed E-state index contributed by atoms with van der Waals surface area (Å²) in [5.74, 6) is -0.798. The SMILES string of the molecule is CC/C=C\C/C=C\C/C=C\C/C=C\CCCCCCCCCCCCCCCCCCCCCCCCCCCCCCC(=O)OC(COC(=O)CCCCCCCCCCCCCCCCCCCCCCCCCCCCCCCCCC)COP(=O)(O)OCCN. The third kappa shape index (κ3) is 79.0. The van der Waals surface area contributed by atoms with Gasteiger partial charge in [0.2, 0.25) is 0 Å². The molecule has 0 heterocycles. The maximum Gasteiger partial charge on any atom is 0.472 e. The maximum absolute atomic E-state index is 12.8. The van der Waals surface area contributed by atoms with Crippen molar-refractivity contribution in [3.05, 3.63) is 48.6 Å². The molecule has 0 saturated heterocycles. The molecule has 0 radical (unpaired) electrons. The summed E-state index contributed by atoms with van der Waals surface area (Å²) in [6.45, 7) is 3.73. The molecule has 10 heteroatoms. The molecule has 0 rings (SSSR count). The molecule has 0 aromatic rings. The number of allylic oxidation sites excluding steroid dienone is 8. The van der Waals surface area contributed by atoms with Gasteiger partial charge in [-0.3, -0.25) is 18.6 Å². The standard InChI is InChI=1S/C84H160NO8P/c1-3-5-7-9-11-13-15-17-19-21-23-25-27-29-31-33-35-37-38-39-40-41-42-43-44-45-47-49-51-53-55-57-59-61-63-65-67-69-71-73-75-77-84(87)93-82(81-92-94(88,89)91-79-78-85)80-90-83(86)76-74-72-70-68-66-64-62-60-58-56-54-52-50-48-46-36-34-32-30-28-26-24-22-20-18-16-14-12-10-8-6-4-2/h5,7,11,13,17,19,23,25,82H,3-4,6,8-10,12,14-16,18,20-22,24,26-81,85H2,1-2H3,(H,88,89)/b7-5-,13-11-,19-17-,25-23-. The van der Waals surface area contributed by atoms with E-state index < -0.39 is 26.5 Å². The van der Waals surface area contributed by atoms with E-state index in [1.165, 1.54) is 353 Å². The van der Waals surface area contributed by atoms with Crippen molar-refractivity contribution in [2.45, 2.75) is 450 Å². The highest BCUT2D eigenvalue weighted by atomic mass is 31.2. The van der Waals surface area contributed by atoms with Crippen molar-refractivity contribution in [3.8, 4) is 0 Å². The Morgan fingerprint density at radius 1 is 0.330 bits per heavy atom. The summed E-state index contributed by atoms with van der Waals surface area (Å²) >= 11 is 0. The Labute approximate surface area is 585 Å². The minimum absolute atomic E-state index is 0.0570. The second kappa shape index (κ2) is 80.0. The zero-order valence-corrected chi connectivity index (χ0v) is 63.6. The van der Waals surface area contributed by atoms with Gasteiger partial charge < -0.3 is 20.1 Å². The van der Waals surface area contributed by atoms with Crippen LogP contribution in [0.1, 0.15) is 444 Å². The molecule has 2 atom stereocenters. The van der Waals surface area contributed by atoms with E-state index in [1.807, 2.05) is 0 Å². The molecule has 0 aliphatic rings. The van der Waals surface area contributed by atoms with E-state index in [2.05, 4.69) is 62.5 Å². The molecule has 0 amide bonds. The third-order valence-corrected chi connectivity index (χ3v) is 20.0. The summed E-state index contributed by atoms with van der Waals surface area (Å²) in [4.78, 5) is 35.5. The van der Waals surface area contributed by atoms with Gasteiger partial charge in [0.1, 0.15) is 6.61 Å². The normalized spacial score (nSPS) is 13.0. The number of hydrogen-bond donors (Lipinski definition) is 2. The van der Waals surface area contributed by atoms with Crippen molar-refractivity contribution in [1.29, 1.82) is 0 Å². The van der Waals surface area contributed by atoms with Crippen LogP contribution < -0.4 is 5.73 Å². The van der Waals surface area contributed by atoms with Gasteiger partial charge in [0, 0.05) is 19.4 Å². The Hall–Kier alpha value is -2.03. The van der Waals surface area contributed by atoms with E-state index in [-0.39, 0.29) is 38.6 Å². The molecule has 0 aliphatic carbocycles. The maximum atomic E-state index is 12.8. The zero-order chi connectivity index (χ0) is 67.9. The van der Waals surface area contributed by atoms with Crippen LogP contribution in [0.25, 0.3) is 0 Å². The van der Waals surface area contributed by atoms with Gasteiger partial charge in [-0.1, -0.05) is 428 Å². The predicted molar refractivity (Wildman–Crippen MR) is 409 cm³/mol. The van der Waals surface area contributed by atoms with Gasteiger partial charge in [0.15, 0.2) is 6.10 Å². The molecule has 3 N–H and O–H groups in total. The summed E-state index contributed by atoms with van der Waals surface area (Å²) in [6, 6.07) is 0. The average Bonchev–Trinajstić information content (AvgIpc) is 3.59. The molecular weight excluding hydrogens is 1180 g/mol. The highest BCUT2D eigenvalue weighted by Gasteiger charge is 2.26. The first-order chi connectivity index (χ1) is 46.3. The summed E-state index contributed by atoms with van der Waals surface area (Å²) in [6.07, 6.45) is 104. The van der Waals surface area contributed by atoms with Crippen molar-refractivity contribution >= 4 is 19.8 Å². The Morgan fingerprint density at radius 2 is 0.585 bits per heavy atom. The lowest BCUT2D eigenvalue weighted by molar-refractivity contribution is -0.161. The van der Waals surface area contributed by atoms with E-state index in [0.29, 0.717) is 6.42 Å². The lowest BCUT2D eigenvalue weighted by Crippen LogP contribution is -2.29. The summed E-state index contributed by atoms with van der Waals surface area (Å²) in [5, 5.41) is 0. The molecule has 0 aromatic carbocycles. The molecule has 0 spiro atoms. The van der Waals surface area contributed by atoms with Crippen molar-refractivity contribution in [2.24, 2.45) is 5.73 Å². The summed E-state index contributed by atoms with van der Waals surface area (Å²) in [5.41, 5.74) is 5.42. The highest BCUT2D eigenvalue weighted by molar-refractivity contribution is 7.47. The number of phosphoric ester groups is 1. The molecule has 94 heavy (non-hydrogen) atoms. The molecule has 0 aromatic heterocycles. The van der Waals surface area contributed by atoms with Gasteiger partial charge in [0.25, 0.3) is 0 Å². The van der Waals surface area contributed by atoms with Crippen LogP contribution in [0.4, 0.5) is 0 Å². The number of rotatable bonds is 80. The second-order valence-corrected chi connectivity index (χ2v) is 29.8. The summed E-state index contributed by atoms with van der Waals surface area (Å²) < 4.78 is 33.3. The van der Waals surface area contributed by atoms with Crippen LogP contribution in [0.5, 0.6) is 0 Å². The molecule has 0 saturated carbocycles. The Bertz CT molecular complexity index is 1680. The van der Waals surface area contributed by atoms with Crippen LogP contribution in [0, 0.1) is 0 Å². The van der Waals surface area contributed by atoms with Gasteiger partial charge in [-0.25, -0.2) is 4.57 Å². The molecule has 2 unspecified atom stereocenters. The average molecular weight is 1340 g/mol. The second-order valence-electron chi connectivity index (χ2n) is 28.3. The number of esters is 2. The van der Waals surface area contributed by atoms with E-state index in [0.717, 1.165) is 57.8 Å². The van der Waals surface area contributed by atoms with Gasteiger partial charge >= 0.3 is 19.8 Å². The van der Waals surface area contributed by atoms with E-state index in [4.69, 9.17) is 24.3 Å². The smallest absolute Gasteiger partial charge is 0.462 e. The van der Waals surface area contributed by atoms with Crippen LogP contribution in [0.2, 0.25) is 0 Å². The number of ether oxygens (including phenoxy) is 2. The monoisotopic (exact) mass is 1340 g/mol. The first-order valence-electron chi connectivity index (χ1n) is 41.6. The van der Waals surface area contributed by atoms with Crippen LogP contribution in [-0.2, 0) is 32.7 Å². The Morgan fingerprint density at radius 3 is 0.872 bits per heavy atom. The van der Waals surface area contributed by atoms with Gasteiger partial charge in [-0.2, -0.15) is 0 Å². The molecule has 0 aliphatic heterocycles. The topological polar surface area (TPSA) is 134 Å². The Balaban J connectivity index is 3.71. The quantitative estimate of drug-likeness (QED) is 0.0264. The minimum atomic E-state index is -4.39. The third-order valence-electron chi connectivity index (χ3n) is 19.0. The number of phosphoric acid groups is 1. The number of carbonyl (C=O) groups is 2. The number of hydrogen-bond acceptors (Lipinski definition) is 8. The van der Waals surface area contributed by atoms with Crippen LogP contribution in [0.3, 0.4) is 0 Å². The molecule has 9 nitrogen and oxygen atoms in total. The summed E-state index contributed by atoms with van der Waals surface area (Å²) in [7, 11) is -4.39. The highest BCUT2D eigenvalue weighted by Crippen LogP contribution is 2.43. The minimum Gasteiger partial charge on any atom is -0.462 e. The van der Waals surface area contributed by atoms with E-state index in [1.54, 1.807) is 0 Å². The van der Waals surface area contributed by atoms with Crippen LogP contribution in [0.15, 0.2) is 48.6 Å². The number of carbonyl (C=O) groups excluding carboxylic acids is 2. The van der Waals surface area contributed by atoms with Crippen molar-refractivity contribution < 1.29 is 37.6 Å². The largest absolute Gasteiger partial charge is 0.472 e. The van der Waals surface area contributed by atoms with Crippen LogP contribution in [-0.4, -0.2) is 49.3 Å².